The number of hydrogen-bond donors (Lipinski definition) is 1. The van der Waals surface area contributed by atoms with Crippen LogP contribution >= 0.6 is 11.6 Å². The SMILES string of the molecule is CCN(CCCC(=O)O)c1ccc(OC)c(Cl)c1. The molecule has 0 aliphatic heterocycles. The van der Waals surface area contributed by atoms with E-state index in [9.17, 15) is 4.79 Å². The van der Waals surface area contributed by atoms with Gasteiger partial charge >= 0.3 is 5.97 Å². The van der Waals surface area contributed by atoms with Gasteiger partial charge in [0.05, 0.1) is 12.1 Å². The van der Waals surface area contributed by atoms with E-state index in [1.807, 2.05) is 25.1 Å². The summed E-state index contributed by atoms with van der Waals surface area (Å²) in [6.07, 6.45) is 0.799. The van der Waals surface area contributed by atoms with Crippen molar-refractivity contribution in [3.05, 3.63) is 23.2 Å². The number of ether oxygens (including phenoxy) is 1. The predicted octanol–water partition coefficient (Wildman–Crippen LogP) is 3.04. The normalized spacial score (nSPS) is 10.2. The Morgan fingerprint density at radius 1 is 1.50 bits per heavy atom. The summed E-state index contributed by atoms with van der Waals surface area (Å²) in [6.45, 7) is 3.53. The molecule has 5 heteroatoms. The average molecular weight is 272 g/mol. The van der Waals surface area contributed by atoms with Crippen LogP contribution in [0.5, 0.6) is 5.75 Å². The third-order valence-corrected chi connectivity index (χ3v) is 3.00. The first kappa shape index (κ1) is 14.6. The Hall–Kier alpha value is -1.42. The summed E-state index contributed by atoms with van der Waals surface area (Å²) < 4.78 is 5.10. The summed E-state index contributed by atoms with van der Waals surface area (Å²) in [5.41, 5.74) is 0.980. The number of carbonyl (C=O) groups is 1. The molecule has 1 aromatic rings. The van der Waals surface area contributed by atoms with Crippen molar-refractivity contribution < 1.29 is 14.6 Å². The Morgan fingerprint density at radius 3 is 2.72 bits per heavy atom. The van der Waals surface area contributed by atoms with Crippen molar-refractivity contribution in [2.24, 2.45) is 0 Å². The van der Waals surface area contributed by atoms with Gasteiger partial charge in [-0.1, -0.05) is 11.6 Å². The Morgan fingerprint density at radius 2 is 2.22 bits per heavy atom. The number of halogens is 1. The van der Waals surface area contributed by atoms with Crippen molar-refractivity contribution in [1.29, 1.82) is 0 Å². The second-order valence-electron chi connectivity index (χ2n) is 3.90. The zero-order valence-electron chi connectivity index (χ0n) is 10.6. The fraction of sp³-hybridized carbons (Fsp3) is 0.462. The lowest BCUT2D eigenvalue weighted by Crippen LogP contribution is -2.24. The third kappa shape index (κ3) is 4.11. The van der Waals surface area contributed by atoms with Gasteiger partial charge in [0.1, 0.15) is 5.75 Å². The Kier molecular flexibility index (Phi) is 5.78. The molecule has 0 spiro atoms. The highest BCUT2D eigenvalue weighted by molar-refractivity contribution is 6.32. The number of benzene rings is 1. The van der Waals surface area contributed by atoms with Gasteiger partial charge in [0.2, 0.25) is 0 Å². The summed E-state index contributed by atoms with van der Waals surface area (Å²) in [5, 5.41) is 9.19. The summed E-state index contributed by atoms with van der Waals surface area (Å²) in [7, 11) is 1.57. The quantitative estimate of drug-likeness (QED) is 0.828. The van der Waals surface area contributed by atoms with Gasteiger partial charge in [-0.15, -0.1) is 0 Å². The number of carboxylic acid groups (broad SMARTS) is 1. The number of carboxylic acids is 1. The van der Waals surface area contributed by atoms with Crippen LogP contribution in [0.1, 0.15) is 19.8 Å². The predicted molar refractivity (Wildman–Crippen MR) is 72.8 cm³/mol. The highest BCUT2D eigenvalue weighted by Crippen LogP contribution is 2.29. The van der Waals surface area contributed by atoms with Gasteiger partial charge < -0.3 is 14.7 Å². The summed E-state index contributed by atoms with van der Waals surface area (Å²) in [6, 6.07) is 5.58. The Balaban J connectivity index is 2.69. The minimum Gasteiger partial charge on any atom is -0.495 e. The minimum absolute atomic E-state index is 0.181. The molecule has 0 aromatic heterocycles. The Bertz CT molecular complexity index is 409. The number of nitrogens with zero attached hydrogens (tertiary/aromatic N) is 1. The Labute approximate surface area is 112 Å². The van der Waals surface area contributed by atoms with Crippen LogP contribution in [0.15, 0.2) is 18.2 Å². The molecule has 100 valence electrons. The maximum Gasteiger partial charge on any atom is 0.303 e. The lowest BCUT2D eigenvalue weighted by Gasteiger charge is -2.23. The topological polar surface area (TPSA) is 49.8 Å². The molecule has 0 fully saturated rings. The van der Waals surface area contributed by atoms with E-state index in [1.54, 1.807) is 7.11 Å². The van der Waals surface area contributed by atoms with Crippen molar-refractivity contribution in [3.8, 4) is 5.75 Å². The number of methoxy groups -OCH3 is 1. The monoisotopic (exact) mass is 271 g/mol. The molecule has 0 heterocycles. The molecule has 1 aromatic carbocycles. The zero-order chi connectivity index (χ0) is 13.5. The number of hydrogen-bond acceptors (Lipinski definition) is 3. The smallest absolute Gasteiger partial charge is 0.303 e. The van der Waals surface area contributed by atoms with Crippen molar-refractivity contribution in [2.45, 2.75) is 19.8 Å². The molecule has 0 atom stereocenters. The first-order chi connectivity index (χ1) is 8.58. The second kappa shape index (κ2) is 7.11. The highest BCUT2D eigenvalue weighted by atomic mass is 35.5. The van der Waals surface area contributed by atoms with Crippen molar-refractivity contribution in [2.75, 3.05) is 25.1 Å². The molecule has 0 bridgehead atoms. The number of aliphatic carboxylic acids is 1. The van der Waals surface area contributed by atoms with Crippen LogP contribution in [0.4, 0.5) is 5.69 Å². The molecular formula is C13H18ClNO3. The van der Waals surface area contributed by atoms with Crippen LogP contribution in [0.3, 0.4) is 0 Å². The molecule has 1 rings (SSSR count). The molecule has 0 saturated carbocycles. The first-order valence-electron chi connectivity index (χ1n) is 5.88. The van der Waals surface area contributed by atoms with Crippen molar-refractivity contribution in [3.63, 3.8) is 0 Å². The van der Waals surface area contributed by atoms with Crippen LogP contribution in [-0.4, -0.2) is 31.3 Å². The second-order valence-corrected chi connectivity index (χ2v) is 4.30. The first-order valence-corrected chi connectivity index (χ1v) is 6.26. The van der Waals surface area contributed by atoms with Crippen LogP contribution < -0.4 is 9.64 Å². The van der Waals surface area contributed by atoms with Gasteiger partial charge in [0.15, 0.2) is 0 Å². The van der Waals surface area contributed by atoms with E-state index in [0.717, 1.165) is 12.2 Å². The van der Waals surface area contributed by atoms with Gasteiger partial charge in [0, 0.05) is 25.2 Å². The van der Waals surface area contributed by atoms with E-state index >= 15 is 0 Å². The van der Waals surface area contributed by atoms with E-state index in [0.29, 0.717) is 23.7 Å². The maximum absolute atomic E-state index is 10.5. The number of rotatable bonds is 7. The van der Waals surface area contributed by atoms with E-state index in [-0.39, 0.29) is 6.42 Å². The van der Waals surface area contributed by atoms with Crippen LogP contribution in [0.25, 0.3) is 0 Å². The summed E-state index contributed by atoms with van der Waals surface area (Å²) >= 11 is 6.07. The summed E-state index contributed by atoms with van der Waals surface area (Å²) in [5.74, 6) is -0.124. The van der Waals surface area contributed by atoms with Gasteiger partial charge in [-0.25, -0.2) is 0 Å². The highest BCUT2D eigenvalue weighted by Gasteiger charge is 2.08. The standard InChI is InChI=1S/C13H18ClNO3/c1-3-15(8-4-5-13(16)17)10-6-7-12(18-2)11(14)9-10/h6-7,9H,3-5,8H2,1-2H3,(H,16,17). The van der Waals surface area contributed by atoms with Crippen molar-refractivity contribution in [1.82, 2.24) is 0 Å². The largest absolute Gasteiger partial charge is 0.495 e. The molecule has 1 N–H and O–H groups in total. The minimum atomic E-state index is -0.765. The summed E-state index contributed by atoms with van der Waals surface area (Å²) in [4.78, 5) is 12.6. The van der Waals surface area contributed by atoms with E-state index in [4.69, 9.17) is 21.4 Å². The molecular weight excluding hydrogens is 254 g/mol. The van der Waals surface area contributed by atoms with Crippen LogP contribution in [-0.2, 0) is 4.79 Å². The number of anilines is 1. The van der Waals surface area contributed by atoms with Gasteiger partial charge in [-0.2, -0.15) is 0 Å². The zero-order valence-corrected chi connectivity index (χ0v) is 11.4. The molecule has 0 saturated heterocycles. The van der Waals surface area contributed by atoms with Crippen molar-refractivity contribution >= 4 is 23.3 Å². The molecule has 0 radical (unpaired) electrons. The lowest BCUT2D eigenvalue weighted by molar-refractivity contribution is -0.137. The van der Waals surface area contributed by atoms with Crippen LogP contribution in [0.2, 0.25) is 5.02 Å². The molecule has 0 amide bonds. The third-order valence-electron chi connectivity index (χ3n) is 2.70. The van der Waals surface area contributed by atoms with Gasteiger partial charge in [-0.3, -0.25) is 4.79 Å². The van der Waals surface area contributed by atoms with Crippen LogP contribution in [0, 0.1) is 0 Å². The fourth-order valence-corrected chi connectivity index (χ4v) is 1.99. The van der Waals surface area contributed by atoms with E-state index in [2.05, 4.69) is 4.90 Å². The average Bonchev–Trinajstić information content (AvgIpc) is 2.34. The molecule has 4 nitrogen and oxygen atoms in total. The maximum atomic E-state index is 10.5. The van der Waals surface area contributed by atoms with Gasteiger partial charge in [-0.05, 0) is 31.5 Å². The molecule has 0 unspecified atom stereocenters. The van der Waals surface area contributed by atoms with E-state index < -0.39 is 5.97 Å². The lowest BCUT2D eigenvalue weighted by atomic mass is 10.2. The molecule has 0 aliphatic carbocycles. The molecule has 0 aliphatic rings. The molecule has 18 heavy (non-hydrogen) atoms. The van der Waals surface area contributed by atoms with Gasteiger partial charge in [0.25, 0.3) is 0 Å². The van der Waals surface area contributed by atoms with E-state index in [1.165, 1.54) is 0 Å². The fourth-order valence-electron chi connectivity index (χ4n) is 1.74.